The van der Waals surface area contributed by atoms with Crippen LogP contribution in [0.4, 0.5) is 10.1 Å². The Bertz CT molecular complexity index is 1330. The van der Waals surface area contributed by atoms with Gasteiger partial charge < -0.3 is 14.0 Å². The lowest BCUT2D eigenvalue weighted by atomic mass is 10.1. The van der Waals surface area contributed by atoms with Crippen LogP contribution >= 0.6 is 11.6 Å². The molecule has 0 bridgehead atoms. The first-order valence-electron chi connectivity index (χ1n) is 9.96. The third-order valence-electron chi connectivity index (χ3n) is 5.43. The molecule has 174 valence electrons. The minimum absolute atomic E-state index is 0.0623. The Morgan fingerprint density at radius 2 is 1.94 bits per heavy atom. The van der Waals surface area contributed by atoms with Crippen LogP contribution in [-0.4, -0.2) is 53.3 Å². The molecule has 1 saturated heterocycles. The van der Waals surface area contributed by atoms with E-state index in [-0.39, 0.29) is 29.0 Å². The van der Waals surface area contributed by atoms with Gasteiger partial charge in [-0.25, -0.2) is 9.29 Å². The summed E-state index contributed by atoms with van der Waals surface area (Å²) in [6, 6.07) is 6.69. The molecule has 0 aliphatic carbocycles. The number of rotatable bonds is 6. The molecule has 2 atom stereocenters. The van der Waals surface area contributed by atoms with E-state index in [1.54, 1.807) is 25.3 Å². The van der Waals surface area contributed by atoms with Gasteiger partial charge in [-0.15, -0.1) is 0 Å². The summed E-state index contributed by atoms with van der Waals surface area (Å²) in [6.07, 6.45) is 0. The molecule has 2 aliphatic heterocycles. The number of carbonyl (C=O) groups excluding carboxylic acids is 2. The van der Waals surface area contributed by atoms with Gasteiger partial charge in [-0.1, -0.05) is 22.0 Å². The van der Waals surface area contributed by atoms with Gasteiger partial charge in [0.25, 0.3) is 11.8 Å². The lowest BCUT2D eigenvalue weighted by molar-refractivity contribution is -0.123. The average molecular weight is 487 g/mol. The Labute approximate surface area is 196 Å². The normalized spacial score (nSPS) is 19.2. The molecule has 2 amide bonds. The average Bonchev–Trinajstić information content (AvgIpc) is 3.53. The van der Waals surface area contributed by atoms with Crippen LogP contribution in [-0.2, 0) is 16.1 Å². The van der Waals surface area contributed by atoms with Gasteiger partial charge in [0.2, 0.25) is 11.7 Å². The number of hydrogen-bond donors (Lipinski definition) is 0. The molecule has 2 aliphatic rings. The van der Waals surface area contributed by atoms with Crippen molar-refractivity contribution in [2.75, 3.05) is 19.1 Å². The smallest absolute Gasteiger partial charge is 0.263 e. The van der Waals surface area contributed by atoms with E-state index in [4.69, 9.17) is 25.6 Å². The fourth-order valence-corrected chi connectivity index (χ4v) is 3.96. The van der Waals surface area contributed by atoms with E-state index in [9.17, 15) is 14.0 Å². The van der Waals surface area contributed by atoms with Crippen molar-refractivity contribution in [3.05, 3.63) is 53.1 Å². The first-order chi connectivity index (χ1) is 16.4. The molecule has 0 N–H and O–H groups in total. The van der Waals surface area contributed by atoms with E-state index in [1.165, 1.54) is 24.3 Å². The van der Waals surface area contributed by atoms with Crippen molar-refractivity contribution in [3.63, 3.8) is 0 Å². The molecule has 1 fully saturated rings. The number of ether oxygens (including phenoxy) is 2. The SMILES string of the molecule is COc1ccc(-c2noc(CN3N=N[C@H]4C(=O)N(c5ccc(F)c(Cl)c5)C(=O)[C@@H]43)n2)c(OC)c1. The molecule has 3 aromatic rings. The van der Waals surface area contributed by atoms with Gasteiger partial charge in [-0.2, -0.15) is 10.1 Å². The number of imide groups is 1. The standard InChI is InChI=1S/C21H16ClFN6O5/c1-32-11-4-5-12(15(8-11)33-2)19-24-16(34-26-19)9-28-18-17(25-27-28)20(30)29(21(18)31)10-3-6-14(23)13(22)7-10/h3-8,17-18H,9H2,1-2H3/t17-,18-/m1/s1. The maximum absolute atomic E-state index is 13.5. The lowest BCUT2D eigenvalue weighted by Gasteiger charge is -2.19. The maximum atomic E-state index is 13.5. The van der Waals surface area contributed by atoms with Crippen LogP contribution in [0, 0.1) is 5.82 Å². The molecule has 13 heteroatoms. The van der Waals surface area contributed by atoms with Gasteiger partial charge in [0.15, 0.2) is 12.1 Å². The molecule has 0 saturated carbocycles. The summed E-state index contributed by atoms with van der Waals surface area (Å²) in [5.74, 6) is -0.319. The lowest BCUT2D eigenvalue weighted by Crippen LogP contribution is -2.39. The van der Waals surface area contributed by atoms with E-state index in [0.29, 0.717) is 17.1 Å². The van der Waals surface area contributed by atoms with Crippen LogP contribution in [0.25, 0.3) is 11.4 Å². The van der Waals surface area contributed by atoms with E-state index >= 15 is 0 Å². The second-order valence-corrected chi connectivity index (χ2v) is 7.79. The second-order valence-electron chi connectivity index (χ2n) is 7.38. The van der Waals surface area contributed by atoms with Crippen molar-refractivity contribution in [1.29, 1.82) is 0 Å². The van der Waals surface area contributed by atoms with Crippen LogP contribution in [0.5, 0.6) is 11.5 Å². The summed E-state index contributed by atoms with van der Waals surface area (Å²) >= 11 is 5.82. The first kappa shape index (κ1) is 21.8. The number of hydrogen-bond acceptors (Lipinski definition) is 10. The molecule has 5 rings (SSSR count). The number of methoxy groups -OCH3 is 2. The number of benzene rings is 2. The third kappa shape index (κ3) is 3.52. The van der Waals surface area contributed by atoms with Crippen LogP contribution in [0.3, 0.4) is 0 Å². The van der Waals surface area contributed by atoms with E-state index < -0.39 is 29.7 Å². The minimum Gasteiger partial charge on any atom is -0.497 e. The summed E-state index contributed by atoms with van der Waals surface area (Å²) < 4.78 is 29.4. The Balaban J connectivity index is 1.37. The minimum atomic E-state index is -1.04. The molecule has 34 heavy (non-hydrogen) atoms. The molecule has 1 aromatic heterocycles. The summed E-state index contributed by atoms with van der Waals surface area (Å²) in [7, 11) is 3.05. The van der Waals surface area contributed by atoms with Crippen molar-refractivity contribution in [2.24, 2.45) is 10.3 Å². The van der Waals surface area contributed by atoms with Gasteiger partial charge in [-0.3, -0.25) is 14.6 Å². The maximum Gasteiger partial charge on any atom is 0.263 e. The van der Waals surface area contributed by atoms with Crippen molar-refractivity contribution < 1.29 is 28.0 Å². The van der Waals surface area contributed by atoms with E-state index in [2.05, 4.69) is 20.5 Å². The highest BCUT2D eigenvalue weighted by Gasteiger charge is 2.55. The Morgan fingerprint density at radius 3 is 2.68 bits per heavy atom. The summed E-state index contributed by atoms with van der Waals surface area (Å²) in [4.78, 5) is 31.2. The van der Waals surface area contributed by atoms with Gasteiger partial charge in [-0.05, 0) is 30.3 Å². The zero-order chi connectivity index (χ0) is 24.0. The van der Waals surface area contributed by atoms with Gasteiger partial charge in [0.05, 0.1) is 30.5 Å². The number of anilines is 1. The topological polar surface area (TPSA) is 123 Å². The number of fused-ring (bicyclic) bond motifs is 1. The number of halogens is 2. The van der Waals surface area contributed by atoms with E-state index in [0.717, 1.165) is 11.0 Å². The monoisotopic (exact) mass is 486 g/mol. The largest absolute Gasteiger partial charge is 0.497 e. The molecule has 11 nitrogen and oxygen atoms in total. The molecule has 0 unspecified atom stereocenters. The van der Waals surface area contributed by atoms with Crippen LogP contribution in [0.15, 0.2) is 51.3 Å². The first-order valence-corrected chi connectivity index (χ1v) is 10.3. The number of amides is 2. The van der Waals surface area contributed by atoms with Gasteiger partial charge in [0, 0.05) is 6.07 Å². The Morgan fingerprint density at radius 1 is 1.12 bits per heavy atom. The van der Waals surface area contributed by atoms with Crippen LogP contribution in [0.1, 0.15) is 5.89 Å². The van der Waals surface area contributed by atoms with Gasteiger partial charge >= 0.3 is 0 Å². The number of aromatic nitrogens is 2. The second kappa shape index (κ2) is 8.37. The Kier molecular flexibility index (Phi) is 5.36. The van der Waals surface area contributed by atoms with E-state index in [1.807, 2.05) is 0 Å². The highest BCUT2D eigenvalue weighted by molar-refractivity contribution is 6.32. The molecule has 0 radical (unpaired) electrons. The Hall–Kier alpha value is -4.06. The predicted octanol–water partition coefficient (Wildman–Crippen LogP) is 3.04. The fraction of sp³-hybridized carbons (Fsp3) is 0.238. The predicted molar refractivity (Wildman–Crippen MR) is 115 cm³/mol. The molecule has 0 spiro atoms. The quantitative estimate of drug-likeness (QED) is 0.487. The molecule has 3 heterocycles. The molecular weight excluding hydrogens is 471 g/mol. The molecule has 2 aromatic carbocycles. The fourth-order valence-electron chi connectivity index (χ4n) is 3.78. The summed E-state index contributed by atoms with van der Waals surface area (Å²) in [6.45, 7) is -0.0623. The molecular formula is C21H16ClFN6O5. The third-order valence-corrected chi connectivity index (χ3v) is 5.72. The highest BCUT2D eigenvalue weighted by atomic mass is 35.5. The van der Waals surface area contributed by atoms with Crippen molar-refractivity contribution in [1.82, 2.24) is 15.1 Å². The van der Waals surface area contributed by atoms with Crippen molar-refractivity contribution in [3.8, 4) is 22.9 Å². The highest BCUT2D eigenvalue weighted by Crippen LogP contribution is 2.35. The zero-order valence-electron chi connectivity index (χ0n) is 17.8. The number of nitrogens with zero attached hydrogens (tertiary/aromatic N) is 6. The van der Waals surface area contributed by atoms with Crippen molar-refractivity contribution >= 4 is 29.1 Å². The summed E-state index contributed by atoms with van der Waals surface area (Å²) in [5.41, 5.74) is 0.725. The number of carbonyl (C=O) groups is 2. The summed E-state index contributed by atoms with van der Waals surface area (Å²) in [5, 5.41) is 13.0. The van der Waals surface area contributed by atoms with Crippen molar-refractivity contribution in [2.45, 2.75) is 18.6 Å². The van der Waals surface area contributed by atoms with Gasteiger partial charge in [0.1, 0.15) is 23.9 Å². The zero-order valence-corrected chi connectivity index (χ0v) is 18.6. The van der Waals surface area contributed by atoms with Crippen LogP contribution < -0.4 is 14.4 Å². The van der Waals surface area contributed by atoms with Crippen LogP contribution in [0.2, 0.25) is 5.02 Å².